The van der Waals surface area contributed by atoms with Gasteiger partial charge in [-0.05, 0) is 42.5 Å². The quantitative estimate of drug-likeness (QED) is 0.851. The molecule has 0 bridgehead atoms. The highest BCUT2D eigenvalue weighted by atomic mass is 35.5. The number of hydrogen-bond acceptors (Lipinski definition) is 2. The van der Waals surface area contributed by atoms with Gasteiger partial charge in [0, 0.05) is 23.3 Å². The van der Waals surface area contributed by atoms with E-state index in [1.807, 2.05) is 0 Å². The Morgan fingerprint density at radius 3 is 2.22 bits per heavy atom. The van der Waals surface area contributed by atoms with Gasteiger partial charge in [0.05, 0.1) is 10.0 Å². The van der Waals surface area contributed by atoms with E-state index >= 15 is 0 Å². The molecule has 1 N–H and O–H groups in total. The summed E-state index contributed by atoms with van der Waals surface area (Å²) in [6, 6.07) is 11.4. The van der Waals surface area contributed by atoms with Crippen molar-refractivity contribution in [2.24, 2.45) is 0 Å². The number of anilines is 2. The van der Waals surface area contributed by atoms with Crippen LogP contribution in [-0.4, -0.2) is 18.4 Å². The van der Waals surface area contributed by atoms with Crippen LogP contribution in [0.5, 0.6) is 0 Å². The van der Waals surface area contributed by atoms with Crippen LogP contribution < -0.4 is 10.2 Å². The summed E-state index contributed by atoms with van der Waals surface area (Å²) < 4.78 is 0. The van der Waals surface area contributed by atoms with Gasteiger partial charge in [0.15, 0.2) is 0 Å². The van der Waals surface area contributed by atoms with Crippen LogP contribution in [-0.2, 0) is 9.59 Å². The van der Waals surface area contributed by atoms with Crippen molar-refractivity contribution >= 4 is 58.0 Å². The third kappa shape index (κ3) is 4.86. The molecule has 23 heavy (non-hydrogen) atoms. The molecule has 0 saturated carbocycles. The molecule has 0 saturated heterocycles. The van der Waals surface area contributed by atoms with E-state index in [1.165, 1.54) is 11.8 Å². The van der Waals surface area contributed by atoms with Crippen molar-refractivity contribution in [1.29, 1.82) is 0 Å². The molecule has 2 rings (SSSR count). The molecule has 2 aromatic rings. The van der Waals surface area contributed by atoms with Crippen molar-refractivity contribution in [3.05, 3.63) is 57.5 Å². The summed E-state index contributed by atoms with van der Waals surface area (Å²) in [4.78, 5) is 25.3. The fraction of sp³-hybridized carbons (Fsp3) is 0.125. The lowest BCUT2D eigenvalue weighted by molar-refractivity contribution is -0.120. The number of hydrogen-bond donors (Lipinski definition) is 1. The number of amides is 2. The summed E-state index contributed by atoms with van der Waals surface area (Å²) in [6.07, 6.45) is 0. The average Bonchev–Trinajstić information content (AvgIpc) is 2.49. The van der Waals surface area contributed by atoms with E-state index in [0.29, 0.717) is 26.4 Å². The van der Waals surface area contributed by atoms with Gasteiger partial charge in [0.1, 0.15) is 6.54 Å². The highest BCUT2D eigenvalue weighted by Gasteiger charge is 2.16. The Morgan fingerprint density at radius 1 is 1.00 bits per heavy atom. The minimum atomic E-state index is -0.353. The van der Waals surface area contributed by atoms with Crippen molar-refractivity contribution in [3.63, 3.8) is 0 Å². The lowest BCUT2D eigenvalue weighted by Crippen LogP contribution is -2.36. The van der Waals surface area contributed by atoms with Crippen LogP contribution in [0, 0.1) is 0 Å². The number of halogens is 3. The van der Waals surface area contributed by atoms with Gasteiger partial charge in [-0.15, -0.1) is 0 Å². The largest absolute Gasteiger partial charge is 0.324 e. The molecule has 0 aromatic heterocycles. The minimum Gasteiger partial charge on any atom is -0.324 e. The summed E-state index contributed by atoms with van der Waals surface area (Å²) >= 11 is 17.6. The van der Waals surface area contributed by atoms with E-state index in [0.717, 1.165) is 0 Å². The Kier molecular flexibility index (Phi) is 5.88. The molecule has 2 aromatic carbocycles. The molecule has 120 valence electrons. The van der Waals surface area contributed by atoms with Crippen LogP contribution in [0.4, 0.5) is 11.4 Å². The molecule has 0 atom stereocenters. The third-order valence-electron chi connectivity index (χ3n) is 3.02. The van der Waals surface area contributed by atoms with Crippen molar-refractivity contribution < 1.29 is 9.59 Å². The standard InChI is InChI=1S/C16H13Cl3N2O2/c1-10(22)21(13-5-2-11(17)3-6-13)9-16(23)20-12-4-7-14(18)15(19)8-12/h2-8H,9H2,1H3,(H,20,23). The Balaban J connectivity index is 2.10. The fourth-order valence-electron chi connectivity index (χ4n) is 1.92. The van der Waals surface area contributed by atoms with E-state index in [4.69, 9.17) is 34.8 Å². The van der Waals surface area contributed by atoms with Crippen molar-refractivity contribution in [3.8, 4) is 0 Å². The molecule has 0 unspecified atom stereocenters. The SMILES string of the molecule is CC(=O)N(CC(=O)Nc1ccc(Cl)c(Cl)c1)c1ccc(Cl)cc1. The normalized spacial score (nSPS) is 10.3. The predicted molar refractivity (Wildman–Crippen MR) is 94.6 cm³/mol. The molecule has 0 aliphatic rings. The molecule has 0 aliphatic heterocycles. The number of carbonyl (C=O) groups excluding carboxylic acids is 2. The first-order valence-corrected chi connectivity index (χ1v) is 7.79. The average molecular weight is 372 g/mol. The van der Waals surface area contributed by atoms with E-state index in [2.05, 4.69) is 5.32 Å². The van der Waals surface area contributed by atoms with Crippen LogP contribution in [0.25, 0.3) is 0 Å². The van der Waals surface area contributed by atoms with Crippen molar-refractivity contribution in [1.82, 2.24) is 0 Å². The second-order valence-corrected chi connectivity index (χ2v) is 6.01. The predicted octanol–water partition coefficient (Wildman–Crippen LogP) is 4.64. The van der Waals surface area contributed by atoms with E-state index in [-0.39, 0.29) is 18.4 Å². The Hall–Kier alpha value is -1.75. The molecule has 7 heteroatoms. The number of nitrogens with zero attached hydrogens (tertiary/aromatic N) is 1. The zero-order chi connectivity index (χ0) is 17.0. The first-order chi connectivity index (χ1) is 10.9. The van der Waals surface area contributed by atoms with Gasteiger partial charge in [-0.3, -0.25) is 9.59 Å². The van der Waals surface area contributed by atoms with Gasteiger partial charge in [-0.1, -0.05) is 34.8 Å². The van der Waals surface area contributed by atoms with E-state index < -0.39 is 0 Å². The molecule has 0 radical (unpaired) electrons. The van der Waals surface area contributed by atoms with Gasteiger partial charge >= 0.3 is 0 Å². The Bertz CT molecular complexity index is 733. The summed E-state index contributed by atoms with van der Waals surface area (Å²) in [5.74, 6) is -0.606. The first kappa shape index (κ1) is 17.6. The summed E-state index contributed by atoms with van der Waals surface area (Å²) in [7, 11) is 0. The number of nitrogens with one attached hydrogen (secondary N) is 1. The minimum absolute atomic E-state index is 0.128. The Morgan fingerprint density at radius 2 is 1.65 bits per heavy atom. The second kappa shape index (κ2) is 7.68. The third-order valence-corrected chi connectivity index (χ3v) is 4.01. The molecule has 4 nitrogen and oxygen atoms in total. The highest BCUT2D eigenvalue weighted by Crippen LogP contribution is 2.25. The van der Waals surface area contributed by atoms with Crippen molar-refractivity contribution in [2.75, 3.05) is 16.8 Å². The zero-order valence-electron chi connectivity index (χ0n) is 12.1. The van der Waals surface area contributed by atoms with Crippen LogP contribution in [0.3, 0.4) is 0 Å². The number of rotatable bonds is 4. The highest BCUT2D eigenvalue weighted by molar-refractivity contribution is 6.42. The maximum Gasteiger partial charge on any atom is 0.244 e. The van der Waals surface area contributed by atoms with Gasteiger partial charge in [-0.2, -0.15) is 0 Å². The number of carbonyl (C=O) groups is 2. The maximum absolute atomic E-state index is 12.2. The van der Waals surface area contributed by atoms with Crippen LogP contribution in [0.1, 0.15) is 6.92 Å². The Labute approximate surface area is 148 Å². The fourth-order valence-corrected chi connectivity index (χ4v) is 2.35. The monoisotopic (exact) mass is 370 g/mol. The smallest absolute Gasteiger partial charge is 0.244 e. The lowest BCUT2D eigenvalue weighted by Gasteiger charge is -2.20. The molecule has 0 spiro atoms. The molecule has 2 amide bonds. The van der Waals surface area contributed by atoms with Crippen LogP contribution in [0.2, 0.25) is 15.1 Å². The van der Waals surface area contributed by atoms with E-state index in [1.54, 1.807) is 42.5 Å². The van der Waals surface area contributed by atoms with Gasteiger partial charge in [-0.25, -0.2) is 0 Å². The first-order valence-electron chi connectivity index (χ1n) is 6.65. The molecule has 0 aliphatic carbocycles. The van der Waals surface area contributed by atoms with Gasteiger partial charge in [0.25, 0.3) is 0 Å². The molecule has 0 heterocycles. The lowest BCUT2D eigenvalue weighted by atomic mass is 10.2. The molecule has 0 fully saturated rings. The molecular formula is C16H13Cl3N2O2. The summed E-state index contributed by atoms with van der Waals surface area (Å²) in [5, 5.41) is 3.97. The van der Waals surface area contributed by atoms with Gasteiger partial charge < -0.3 is 10.2 Å². The zero-order valence-corrected chi connectivity index (χ0v) is 14.4. The summed E-state index contributed by atoms with van der Waals surface area (Å²) in [5.41, 5.74) is 1.09. The maximum atomic E-state index is 12.2. The second-order valence-electron chi connectivity index (χ2n) is 4.76. The van der Waals surface area contributed by atoms with Crippen molar-refractivity contribution in [2.45, 2.75) is 6.92 Å². The molecular weight excluding hydrogens is 359 g/mol. The number of benzene rings is 2. The topological polar surface area (TPSA) is 49.4 Å². The van der Waals surface area contributed by atoms with Crippen LogP contribution in [0.15, 0.2) is 42.5 Å². The van der Waals surface area contributed by atoms with Crippen LogP contribution >= 0.6 is 34.8 Å². The van der Waals surface area contributed by atoms with Gasteiger partial charge in [0.2, 0.25) is 11.8 Å². The van der Waals surface area contributed by atoms with E-state index in [9.17, 15) is 9.59 Å². The summed E-state index contributed by atoms with van der Waals surface area (Å²) in [6.45, 7) is 1.26.